The summed E-state index contributed by atoms with van der Waals surface area (Å²) in [6, 6.07) is 4.60. The van der Waals surface area contributed by atoms with Crippen molar-refractivity contribution in [1.29, 1.82) is 0 Å². The Morgan fingerprint density at radius 3 is 2.40 bits per heavy atom. The van der Waals surface area contributed by atoms with Gasteiger partial charge in [0.1, 0.15) is 17.4 Å². The van der Waals surface area contributed by atoms with E-state index >= 15 is 0 Å². The maximum atomic E-state index is 12.8. The summed E-state index contributed by atoms with van der Waals surface area (Å²) in [7, 11) is 1.67. The molecule has 15 heavy (non-hydrogen) atoms. The van der Waals surface area contributed by atoms with Gasteiger partial charge in [0.2, 0.25) is 5.88 Å². The third-order valence-electron chi connectivity index (χ3n) is 1.83. The fourth-order valence-electron chi connectivity index (χ4n) is 1.17. The second-order valence-electron chi connectivity index (χ2n) is 3.00. The largest absolute Gasteiger partial charge is 0.439 e. The first-order valence-electron chi connectivity index (χ1n) is 4.27. The molecule has 0 spiro atoms. The van der Waals surface area contributed by atoms with Gasteiger partial charge in [-0.3, -0.25) is 0 Å². The third kappa shape index (κ3) is 2.12. The predicted molar refractivity (Wildman–Crippen MR) is 49.6 cm³/mol. The number of halogens is 2. The Kier molecular flexibility index (Phi) is 2.37. The molecular weight excluding hydrogens is 202 g/mol. The Hall–Kier alpha value is -1.91. The van der Waals surface area contributed by atoms with E-state index in [2.05, 4.69) is 5.10 Å². The summed E-state index contributed by atoms with van der Waals surface area (Å²) in [5.74, 6) is -0.824. The summed E-state index contributed by atoms with van der Waals surface area (Å²) in [4.78, 5) is 0. The molecule has 0 saturated carbocycles. The lowest BCUT2D eigenvalue weighted by atomic mass is 10.3. The molecular formula is C10H8F2N2O. The summed E-state index contributed by atoms with van der Waals surface area (Å²) in [6.45, 7) is 0. The third-order valence-corrected chi connectivity index (χ3v) is 1.83. The van der Waals surface area contributed by atoms with Gasteiger partial charge in [0, 0.05) is 31.3 Å². The van der Waals surface area contributed by atoms with Crippen LogP contribution in [-0.4, -0.2) is 9.78 Å². The maximum Gasteiger partial charge on any atom is 0.217 e. The average molecular weight is 210 g/mol. The highest BCUT2D eigenvalue weighted by Gasteiger charge is 2.05. The summed E-state index contributed by atoms with van der Waals surface area (Å²) in [5, 5.41) is 3.86. The molecule has 0 aliphatic rings. The SMILES string of the molecule is Cn1nccc1Oc1cc(F)cc(F)c1. The molecule has 2 aromatic rings. The van der Waals surface area contributed by atoms with Crippen molar-refractivity contribution in [3.63, 3.8) is 0 Å². The number of hydrogen-bond donors (Lipinski definition) is 0. The fourth-order valence-corrected chi connectivity index (χ4v) is 1.17. The van der Waals surface area contributed by atoms with Crippen LogP contribution in [0.4, 0.5) is 8.78 Å². The van der Waals surface area contributed by atoms with E-state index in [4.69, 9.17) is 4.74 Å². The van der Waals surface area contributed by atoms with Crippen molar-refractivity contribution >= 4 is 0 Å². The van der Waals surface area contributed by atoms with Crippen LogP contribution >= 0.6 is 0 Å². The van der Waals surface area contributed by atoms with Crippen LogP contribution in [0.3, 0.4) is 0 Å². The van der Waals surface area contributed by atoms with Crippen molar-refractivity contribution in [2.24, 2.45) is 7.05 Å². The first-order chi connectivity index (χ1) is 7.15. The van der Waals surface area contributed by atoms with E-state index < -0.39 is 11.6 Å². The lowest BCUT2D eigenvalue weighted by Gasteiger charge is -2.05. The van der Waals surface area contributed by atoms with Crippen LogP contribution in [0.15, 0.2) is 30.5 Å². The van der Waals surface area contributed by atoms with E-state index in [-0.39, 0.29) is 5.75 Å². The molecule has 0 amide bonds. The second kappa shape index (κ2) is 3.68. The molecule has 78 valence electrons. The van der Waals surface area contributed by atoms with E-state index in [1.54, 1.807) is 13.1 Å². The quantitative estimate of drug-likeness (QED) is 0.761. The molecule has 0 N–H and O–H groups in total. The van der Waals surface area contributed by atoms with E-state index in [0.29, 0.717) is 5.88 Å². The van der Waals surface area contributed by atoms with Crippen LogP contribution in [0.25, 0.3) is 0 Å². The van der Waals surface area contributed by atoms with Gasteiger partial charge in [-0.1, -0.05) is 0 Å². The standard InChI is InChI=1S/C10H8F2N2O/c1-14-10(2-3-13-14)15-9-5-7(11)4-8(12)6-9/h2-6H,1H3. The van der Waals surface area contributed by atoms with Crippen LogP contribution in [-0.2, 0) is 7.05 Å². The molecule has 1 aromatic heterocycles. The van der Waals surface area contributed by atoms with Crippen molar-refractivity contribution in [2.75, 3.05) is 0 Å². The molecule has 5 heteroatoms. The minimum atomic E-state index is -0.674. The Morgan fingerprint density at radius 2 is 1.87 bits per heavy atom. The van der Waals surface area contributed by atoms with E-state index in [1.807, 2.05) is 0 Å². The zero-order chi connectivity index (χ0) is 10.8. The molecule has 2 rings (SSSR count). The van der Waals surface area contributed by atoms with Gasteiger partial charge in [-0.25, -0.2) is 13.5 Å². The maximum absolute atomic E-state index is 12.8. The van der Waals surface area contributed by atoms with Crippen molar-refractivity contribution in [3.05, 3.63) is 42.1 Å². The number of hydrogen-bond acceptors (Lipinski definition) is 2. The molecule has 3 nitrogen and oxygen atoms in total. The Bertz CT molecular complexity index is 462. The monoisotopic (exact) mass is 210 g/mol. The smallest absolute Gasteiger partial charge is 0.217 e. The van der Waals surface area contributed by atoms with E-state index in [0.717, 1.165) is 18.2 Å². The summed E-state index contributed by atoms with van der Waals surface area (Å²) in [6.07, 6.45) is 1.53. The van der Waals surface area contributed by atoms with Crippen LogP contribution in [0.2, 0.25) is 0 Å². The van der Waals surface area contributed by atoms with Gasteiger partial charge in [-0.05, 0) is 0 Å². The van der Waals surface area contributed by atoms with Gasteiger partial charge in [0.15, 0.2) is 0 Å². The highest BCUT2D eigenvalue weighted by Crippen LogP contribution is 2.22. The summed E-state index contributed by atoms with van der Waals surface area (Å²) in [5.41, 5.74) is 0. The first kappa shape index (κ1) is 9.64. The van der Waals surface area contributed by atoms with Crippen molar-refractivity contribution in [2.45, 2.75) is 0 Å². The Balaban J connectivity index is 2.28. The number of ether oxygens (including phenoxy) is 1. The minimum Gasteiger partial charge on any atom is -0.439 e. The molecule has 0 unspecified atom stereocenters. The molecule has 1 heterocycles. The molecule has 0 fully saturated rings. The Morgan fingerprint density at radius 1 is 1.20 bits per heavy atom. The van der Waals surface area contributed by atoms with Gasteiger partial charge >= 0.3 is 0 Å². The number of aryl methyl sites for hydroxylation is 1. The lowest BCUT2D eigenvalue weighted by molar-refractivity contribution is 0.423. The zero-order valence-electron chi connectivity index (χ0n) is 7.95. The zero-order valence-corrected chi connectivity index (χ0v) is 7.95. The van der Waals surface area contributed by atoms with Gasteiger partial charge in [-0.2, -0.15) is 5.10 Å². The topological polar surface area (TPSA) is 27.1 Å². The number of aromatic nitrogens is 2. The lowest BCUT2D eigenvalue weighted by Crippen LogP contribution is -1.95. The average Bonchev–Trinajstić information content (AvgIpc) is 2.50. The number of benzene rings is 1. The van der Waals surface area contributed by atoms with Gasteiger partial charge in [-0.15, -0.1) is 0 Å². The first-order valence-corrected chi connectivity index (χ1v) is 4.27. The van der Waals surface area contributed by atoms with Crippen LogP contribution in [0, 0.1) is 11.6 Å². The predicted octanol–water partition coefficient (Wildman–Crippen LogP) is 2.49. The Labute approximate surface area is 84.9 Å². The van der Waals surface area contributed by atoms with E-state index in [9.17, 15) is 8.78 Å². The highest BCUT2D eigenvalue weighted by atomic mass is 19.1. The molecule has 0 bridgehead atoms. The molecule has 0 radical (unpaired) electrons. The highest BCUT2D eigenvalue weighted by molar-refractivity contribution is 5.27. The molecule has 0 atom stereocenters. The normalized spacial score (nSPS) is 10.3. The van der Waals surface area contributed by atoms with Crippen molar-refractivity contribution < 1.29 is 13.5 Å². The minimum absolute atomic E-state index is 0.108. The molecule has 1 aromatic carbocycles. The van der Waals surface area contributed by atoms with Crippen LogP contribution in [0.1, 0.15) is 0 Å². The molecule has 0 aliphatic carbocycles. The van der Waals surface area contributed by atoms with Gasteiger partial charge < -0.3 is 4.74 Å². The van der Waals surface area contributed by atoms with E-state index in [1.165, 1.54) is 10.9 Å². The van der Waals surface area contributed by atoms with Gasteiger partial charge in [0.25, 0.3) is 0 Å². The van der Waals surface area contributed by atoms with Crippen molar-refractivity contribution in [3.8, 4) is 11.6 Å². The molecule has 0 aliphatic heterocycles. The van der Waals surface area contributed by atoms with Crippen LogP contribution in [0.5, 0.6) is 11.6 Å². The summed E-state index contributed by atoms with van der Waals surface area (Å²) < 4.78 is 32.3. The van der Waals surface area contributed by atoms with Crippen LogP contribution < -0.4 is 4.74 Å². The van der Waals surface area contributed by atoms with Crippen molar-refractivity contribution in [1.82, 2.24) is 9.78 Å². The number of rotatable bonds is 2. The number of nitrogens with zero attached hydrogens (tertiary/aromatic N) is 2. The van der Waals surface area contributed by atoms with Gasteiger partial charge in [0.05, 0.1) is 6.20 Å². The summed E-state index contributed by atoms with van der Waals surface area (Å²) >= 11 is 0. The second-order valence-corrected chi connectivity index (χ2v) is 3.00. The molecule has 0 saturated heterocycles. The fraction of sp³-hybridized carbons (Fsp3) is 0.100.